The quantitative estimate of drug-likeness (QED) is 0.822. The highest BCUT2D eigenvalue weighted by Gasteiger charge is 2.21. The first-order chi connectivity index (χ1) is 11.7. The summed E-state index contributed by atoms with van der Waals surface area (Å²) in [5, 5.41) is 3.83. The molecular weight excluding hydrogens is 320 g/mol. The highest BCUT2D eigenvalue weighted by molar-refractivity contribution is 6.30. The number of hydrogen-bond acceptors (Lipinski definition) is 2. The minimum Gasteiger partial charge on any atom is -0.370 e. The molecule has 3 nitrogen and oxygen atoms in total. The molecular formula is C20H23ClN2O. The molecule has 0 radical (unpaired) electrons. The van der Waals surface area contributed by atoms with Crippen molar-refractivity contribution in [2.45, 2.75) is 32.1 Å². The molecule has 1 atom stereocenters. The van der Waals surface area contributed by atoms with Gasteiger partial charge >= 0.3 is 0 Å². The lowest BCUT2D eigenvalue weighted by Crippen LogP contribution is -2.24. The molecule has 126 valence electrons. The molecule has 0 spiro atoms. The lowest BCUT2D eigenvalue weighted by atomic mass is 9.95. The Balaban J connectivity index is 1.79. The second-order valence-corrected chi connectivity index (χ2v) is 6.65. The molecule has 1 N–H and O–H groups in total. The van der Waals surface area contributed by atoms with Crippen LogP contribution in [0, 0.1) is 0 Å². The first-order valence-corrected chi connectivity index (χ1v) is 8.97. The summed E-state index contributed by atoms with van der Waals surface area (Å²) < 4.78 is 0. The number of halogens is 1. The van der Waals surface area contributed by atoms with Crippen LogP contribution in [0.3, 0.4) is 0 Å². The van der Waals surface area contributed by atoms with Crippen LogP contribution in [0.4, 0.5) is 11.4 Å². The molecule has 1 aliphatic rings. The van der Waals surface area contributed by atoms with Gasteiger partial charge in [0.2, 0.25) is 5.91 Å². The van der Waals surface area contributed by atoms with Gasteiger partial charge in [-0.15, -0.1) is 0 Å². The summed E-state index contributed by atoms with van der Waals surface area (Å²) in [6.45, 7) is 4.15. The fourth-order valence-electron chi connectivity index (χ4n) is 3.30. The third-order valence-electron chi connectivity index (χ3n) is 4.61. The maximum atomic E-state index is 12.8. The predicted molar refractivity (Wildman–Crippen MR) is 101 cm³/mol. The van der Waals surface area contributed by atoms with E-state index in [0.29, 0.717) is 5.02 Å². The van der Waals surface area contributed by atoms with Gasteiger partial charge in [0.1, 0.15) is 0 Å². The predicted octanol–water partition coefficient (Wildman–Crippen LogP) is 5.07. The van der Waals surface area contributed by atoms with E-state index >= 15 is 0 Å². The number of nitrogens with one attached hydrogen (secondary N) is 1. The first kappa shape index (κ1) is 16.8. The van der Waals surface area contributed by atoms with E-state index in [4.69, 9.17) is 11.6 Å². The van der Waals surface area contributed by atoms with Crippen molar-refractivity contribution in [3.63, 3.8) is 0 Å². The molecule has 2 aromatic rings. The summed E-state index contributed by atoms with van der Waals surface area (Å²) in [5.41, 5.74) is 3.02. The Bertz CT molecular complexity index is 693. The van der Waals surface area contributed by atoms with Crippen LogP contribution in [-0.2, 0) is 4.79 Å². The number of benzene rings is 2. The lowest BCUT2D eigenvalue weighted by molar-refractivity contribution is -0.117. The van der Waals surface area contributed by atoms with Crippen molar-refractivity contribution in [3.05, 3.63) is 59.1 Å². The topological polar surface area (TPSA) is 32.3 Å². The van der Waals surface area contributed by atoms with Gasteiger partial charge in [-0.2, -0.15) is 0 Å². The lowest BCUT2D eigenvalue weighted by Gasteiger charge is -2.23. The van der Waals surface area contributed by atoms with Crippen molar-refractivity contribution < 1.29 is 4.79 Å². The number of carbonyl (C=O) groups is 1. The van der Waals surface area contributed by atoms with Crippen LogP contribution in [0.15, 0.2) is 48.5 Å². The van der Waals surface area contributed by atoms with Gasteiger partial charge in [0.25, 0.3) is 0 Å². The van der Waals surface area contributed by atoms with Crippen LogP contribution in [0.5, 0.6) is 0 Å². The number of anilines is 2. The molecule has 1 unspecified atom stereocenters. The Labute approximate surface area is 148 Å². The minimum atomic E-state index is -0.172. The fraction of sp³-hybridized carbons (Fsp3) is 0.350. The van der Waals surface area contributed by atoms with Crippen molar-refractivity contribution in [2.24, 2.45) is 0 Å². The van der Waals surface area contributed by atoms with Gasteiger partial charge in [0.15, 0.2) is 0 Å². The van der Waals surface area contributed by atoms with Gasteiger partial charge in [0.05, 0.1) is 17.3 Å². The van der Waals surface area contributed by atoms with E-state index in [1.165, 1.54) is 12.8 Å². The Morgan fingerprint density at radius 1 is 1.12 bits per heavy atom. The standard InChI is InChI=1S/C20H23ClN2O/c1-2-17(15-9-11-16(21)12-10-15)20(24)22-18-7-3-4-8-19(18)23-13-5-6-14-23/h3-4,7-12,17H,2,5-6,13-14H2,1H3,(H,22,24). The van der Waals surface area contributed by atoms with Gasteiger partial charge in [-0.1, -0.05) is 42.8 Å². The van der Waals surface area contributed by atoms with Crippen molar-refractivity contribution in [1.29, 1.82) is 0 Å². The molecule has 3 rings (SSSR count). The highest BCUT2D eigenvalue weighted by Crippen LogP contribution is 2.30. The number of rotatable bonds is 5. The molecule has 0 bridgehead atoms. The van der Waals surface area contributed by atoms with Gasteiger partial charge in [0, 0.05) is 18.1 Å². The van der Waals surface area contributed by atoms with Crippen LogP contribution in [0.25, 0.3) is 0 Å². The van der Waals surface area contributed by atoms with E-state index in [9.17, 15) is 4.79 Å². The number of nitrogens with zero attached hydrogens (tertiary/aromatic N) is 1. The number of carbonyl (C=O) groups excluding carboxylic acids is 1. The van der Waals surface area contributed by atoms with Crippen molar-refractivity contribution >= 4 is 28.9 Å². The van der Waals surface area contributed by atoms with Gasteiger partial charge in [-0.3, -0.25) is 4.79 Å². The molecule has 1 amide bonds. The maximum Gasteiger partial charge on any atom is 0.231 e. The van der Waals surface area contributed by atoms with Gasteiger partial charge in [-0.05, 0) is 49.1 Å². The van der Waals surface area contributed by atoms with E-state index in [1.54, 1.807) is 0 Å². The largest absolute Gasteiger partial charge is 0.370 e. The SMILES string of the molecule is CCC(C(=O)Nc1ccccc1N1CCCC1)c1ccc(Cl)cc1. The first-order valence-electron chi connectivity index (χ1n) is 8.59. The molecule has 1 aliphatic heterocycles. The second kappa shape index (κ2) is 7.71. The van der Waals surface area contributed by atoms with E-state index < -0.39 is 0 Å². The van der Waals surface area contributed by atoms with E-state index in [-0.39, 0.29) is 11.8 Å². The molecule has 4 heteroatoms. The number of hydrogen-bond donors (Lipinski definition) is 1. The zero-order valence-electron chi connectivity index (χ0n) is 14.0. The molecule has 2 aromatic carbocycles. The minimum absolute atomic E-state index is 0.0338. The number of para-hydroxylation sites is 2. The van der Waals surface area contributed by atoms with Crippen molar-refractivity contribution in [2.75, 3.05) is 23.3 Å². The van der Waals surface area contributed by atoms with Gasteiger partial charge in [-0.25, -0.2) is 0 Å². The molecule has 24 heavy (non-hydrogen) atoms. The highest BCUT2D eigenvalue weighted by atomic mass is 35.5. The Hall–Kier alpha value is -2.00. The van der Waals surface area contributed by atoms with Crippen LogP contribution in [0.1, 0.15) is 37.7 Å². The summed E-state index contributed by atoms with van der Waals surface area (Å²) in [6.07, 6.45) is 3.18. The summed E-state index contributed by atoms with van der Waals surface area (Å²) in [7, 11) is 0. The molecule has 0 saturated carbocycles. The van der Waals surface area contributed by atoms with E-state index in [0.717, 1.165) is 36.4 Å². The van der Waals surface area contributed by atoms with Crippen molar-refractivity contribution in [3.8, 4) is 0 Å². The zero-order chi connectivity index (χ0) is 16.9. The Kier molecular flexibility index (Phi) is 5.41. The molecule has 1 saturated heterocycles. The third-order valence-corrected chi connectivity index (χ3v) is 4.86. The number of amides is 1. The average Bonchev–Trinajstić information content (AvgIpc) is 3.12. The summed E-state index contributed by atoms with van der Waals surface area (Å²) in [6, 6.07) is 15.6. The van der Waals surface area contributed by atoms with Gasteiger partial charge < -0.3 is 10.2 Å². The summed E-state index contributed by atoms with van der Waals surface area (Å²) in [4.78, 5) is 15.2. The molecule has 1 heterocycles. The zero-order valence-corrected chi connectivity index (χ0v) is 14.7. The normalized spacial score (nSPS) is 15.3. The Morgan fingerprint density at radius 2 is 1.79 bits per heavy atom. The smallest absolute Gasteiger partial charge is 0.231 e. The monoisotopic (exact) mass is 342 g/mol. The maximum absolute atomic E-state index is 12.8. The van der Waals surface area contributed by atoms with Crippen LogP contribution in [-0.4, -0.2) is 19.0 Å². The average molecular weight is 343 g/mol. The van der Waals surface area contributed by atoms with Crippen molar-refractivity contribution in [1.82, 2.24) is 0 Å². The molecule has 0 aromatic heterocycles. The van der Waals surface area contributed by atoms with Crippen LogP contribution >= 0.6 is 11.6 Å². The molecule has 1 fully saturated rings. The van der Waals surface area contributed by atoms with E-state index in [2.05, 4.69) is 16.3 Å². The van der Waals surface area contributed by atoms with Crippen LogP contribution in [0.2, 0.25) is 5.02 Å². The summed E-state index contributed by atoms with van der Waals surface area (Å²) >= 11 is 5.96. The molecule has 0 aliphatic carbocycles. The van der Waals surface area contributed by atoms with E-state index in [1.807, 2.05) is 49.4 Å². The van der Waals surface area contributed by atoms with Crippen LogP contribution < -0.4 is 10.2 Å². The fourth-order valence-corrected chi connectivity index (χ4v) is 3.43. The third kappa shape index (κ3) is 3.73. The second-order valence-electron chi connectivity index (χ2n) is 6.21. The summed E-state index contributed by atoms with van der Waals surface area (Å²) in [5.74, 6) is -0.139. The Morgan fingerprint density at radius 3 is 2.46 bits per heavy atom.